The molecule has 2 aliphatic carbocycles. The molecule has 53 heavy (non-hydrogen) atoms. The number of aromatic nitrogens is 4. The quantitative estimate of drug-likeness (QED) is 0.109. The summed E-state index contributed by atoms with van der Waals surface area (Å²) in [5, 5.41) is 6.64. The molecule has 0 aliphatic heterocycles. The molecule has 13 heteroatoms. The standard InChI is InChI=1S/C20H22N4O3.C20H20N4O2/c21-19(25)17-10-15(8-9-22-17)26-14-6-7-16-18(11-14)27-20(24-16)23-12-13-4-2-1-3-5-13;1-21-19-12-16(9-10-22-19)25-15-7-8-17-18(11-15)26-20(24-17)23-13-14-5-3-2-4-6-14/h6-11,13H,1-5,12H2,(H2,21,25)(H,23,24);7-12,14H,2-6,13H2,(H,23,24). The van der Waals surface area contributed by atoms with Crippen LogP contribution in [-0.4, -0.2) is 38.9 Å². The molecule has 2 aromatic carbocycles. The van der Waals surface area contributed by atoms with E-state index in [9.17, 15) is 4.79 Å². The number of hydrogen-bond donors (Lipinski definition) is 3. The first-order valence-corrected chi connectivity index (χ1v) is 18.2. The van der Waals surface area contributed by atoms with Gasteiger partial charge in [0.2, 0.25) is 0 Å². The number of carbonyl (C=O) groups is 1. The van der Waals surface area contributed by atoms with Crippen molar-refractivity contribution in [1.29, 1.82) is 0 Å². The van der Waals surface area contributed by atoms with E-state index in [0.717, 1.165) is 24.1 Å². The third-order valence-corrected chi connectivity index (χ3v) is 9.54. The molecule has 272 valence electrons. The fourth-order valence-electron chi connectivity index (χ4n) is 6.74. The summed E-state index contributed by atoms with van der Waals surface area (Å²) in [4.78, 5) is 31.3. The van der Waals surface area contributed by atoms with Crippen LogP contribution < -0.4 is 25.8 Å². The summed E-state index contributed by atoms with van der Waals surface area (Å²) in [5.41, 5.74) is 8.28. The predicted octanol–water partition coefficient (Wildman–Crippen LogP) is 9.66. The van der Waals surface area contributed by atoms with E-state index >= 15 is 0 Å². The molecular formula is C40H42N8O5. The van der Waals surface area contributed by atoms with E-state index in [1.807, 2.05) is 24.3 Å². The molecule has 6 aromatic rings. The lowest BCUT2D eigenvalue weighted by atomic mass is 9.89. The first-order chi connectivity index (χ1) is 26.0. The Bertz CT molecular complexity index is 2200. The SMILES string of the molecule is NC(=O)c1cc(Oc2ccc3nc(NCC4CCCCC4)oc3c2)ccn1.[C-]#[N+]c1cc(Oc2ccc3nc(NCC4CCCCC4)oc3c2)ccn1. The second kappa shape index (κ2) is 16.9. The Morgan fingerprint density at radius 3 is 1.70 bits per heavy atom. The summed E-state index contributed by atoms with van der Waals surface area (Å²) >= 11 is 0. The lowest BCUT2D eigenvalue weighted by molar-refractivity contribution is 0.0995. The molecule has 0 radical (unpaired) electrons. The highest BCUT2D eigenvalue weighted by Gasteiger charge is 2.16. The van der Waals surface area contributed by atoms with Gasteiger partial charge in [0.1, 0.15) is 45.9 Å². The Hall–Kier alpha value is -6.16. The number of primary amides is 1. The van der Waals surface area contributed by atoms with Crippen molar-refractivity contribution in [3.05, 3.63) is 90.2 Å². The Kier molecular flexibility index (Phi) is 11.2. The summed E-state index contributed by atoms with van der Waals surface area (Å²) in [6.07, 6.45) is 16.1. The number of ether oxygens (including phenoxy) is 2. The highest BCUT2D eigenvalue weighted by Crippen LogP contribution is 2.31. The van der Waals surface area contributed by atoms with Crippen molar-refractivity contribution >= 4 is 46.0 Å². The van der Waals surface area contributed by atoms with Gasteiger partial charge in [-0.05, 0) is 67.9 Å². The molecule has 4 heterocycles. The van der Waals surface area contributed by atoms with E-state index < -0.39 is 5.91 Å². The molecule has 13 nitrogen and oxygen atoms in total. The van der Waals surface area contributed by atoms with Gasteiger partial charge < -0.3 is 39.5 Å². The molecule has 2 saturated carbocycles. The lowest BCUT2D eigenvalue weighted by Gasteiger charge is -2.21. The van der Waals surface area contributed by atoms with Crippen LogP contribution in [0.25, 0.3) is 27.0 Å². The maximum absolute atomic E-state index is 11.2. The van der Waals surface area contributed by atoms with Crippen LogP contribution in [0.5, 0.6) is 23.0 Å². The van der Waals surface area contributed by atoms with Crippen molar-refractivity contribution < 1.29 is 23.1 Å². The van der Waals surface area contributed by atoms with Crippen molar-refractivity contribution in [2.75, 3.05) is 23.7 Å². The Morgan fingerprint density at radius 1 is 0.698 bits per heavy atom. The van der Waals surface area contributed by atoms with E-state index in [1.54, 1.807) is 36.5 Å². The Labute approximate surface area is 307 Å². The second-order valence-electron chi connectivity index (χ2n) is 13.5. The van der Waals surface area contributed by atoms with Gasteiger partial charge in [0.15, 0.2) is 11.2 Å². The zero-order chi connectivity index (χ0) is 36.4. The number of hydrogen-bond acceptors (Lipinski definition) is 11. The number of carbonyl (C=O) groups excluding carboxylic acids is 1. The smallest absolute Gasteiger partial charge is 0.295 e. The Balaban J connectivity index is 0.000000164. The minimum Gasteiger partial charge on any atom is -0.458 e. The third kappa shape index (κ3) is 9.59. The lowest BCUT2D eigenvalue weighted by Crippen LogP contribution is -2.17. The molecule has 4 aromatic heterocycles. The Morgan fingerprint density at radius 2 is 1.19 bits per heavy atom. The molecule has 2 fully saturated rings. The average molecular weight is 715 g/mol. The van der Waals surface area contributed by atoms with Gasteiger partial charge in [-0.3, -0.25) is 9.78 Å². The minimum atomic E-state index is -0.597. The molecule has 4 N–H and O–H groups in total. The number of nitrogens with two attached hydrogens (primary N) is 1. The van der Waals surface area contributed by atoms with Crippen LogP contribution >= 0.6 is 0 Å². The van der Waals surface area contributed by atoms with Gasteiger partial charge in [-0.2, -0.15) is 9.97 Å². The van der Waals surface area contributed by atoms with Gasteiger partial charge >= 0.3 is 0 Å². The topological polar surface area (TPSA) is 168 Å². The first-order valence-electron chi connectivity index (χ1n) is 18.2. The number of oxazole rings is 2. The van der Waals surface area contributed by atoms with Crippen molar-refractivity contribution in [3.8, 4) is 23.0 Å². The third-order valence-electron chi connectivity index (χ3n) is 9.54. The maximum Gasteiger partial charge on any atom is 0.295 e. The number of anilines is 2. The van der Waals surface area contributed by atoms with Crippen LogP contribution in [0.1, 0.15) is 74.7 Å². The van der Waals surface area contributed by atoms with Crippen molar-refractivity contribution in [2.24, 2.45) is 17.6 Å². The van der Waals surface area contributed by atoms with Crippen LogP contribution in [0.4, 0.5) is 17.8 Å². The number of benzene rings is 2. The molecule has 1 amide bonds. The van der Waals surface area contributed by atoms with Crippen LogP contribution in [0.2, 0.25) is 0 Å². The van der Waals surface area contributed by atoms with Gasteiger partial charge in [-0.25, -0.2) is 0 Å². The summed E-state index contributed by atoms with van der Waals surface area (Å²) < 4.78 is 23.2. The number of pyridine rings is 2. The molecule has 0 unspecified atom stereocenters. The normalized spacial score (nSPS) is 14.9. The molecular weight excluding hydrogens is 672 g/mol. The summed E-state index contributed by atoms with van der Waals surface area (Å²) in [6.45, 7) is 8.82. The minimum absolute atomic E-state index is 0.155. The summed E-state index contributed by atoms with van der Waals surface area (Å²) in [5.74, 6) is 3.37. The molecule has 0 spiro atoms. The van der Waals surface area contributed by atoms with Gasteiger partial charge in [-0.1, -0.05) is 45.1 Å². The van der Waals surface area contributed by atoms with Gasteiger partial charge in [0, 0.05) is 49.6 Å². The highest BCUT2D eigenvalue weighted by molar-refractivity contribution is 5.91. The summed E-state index contributed by atoms with van der Waals surface area (Å²) in [6, 6.07) is 18.5. The van der Waals surface area contributed by atoms with E-state index in [1.165, 1.54) is 76.5 Å². The first kappa shape index (κ1) is 35.3. The van der Waals surface area contributed by atoms with Crippen LogP contribution in [0.15, 0.2) is 81.9 Å². The molecule has 8 rings (SSSR count). The number of nitrogens with one attached hydrogen (secondary N) is 2. The molecule has 2 aliphatic rings. The van der Waals surface area contributed by atoms with Crippen molar-refractivity contribution in [2.45, 2.75) is 64.2 Å². The number of fused-ring (bicyclic) bond motifs is 2. The van der Waals surface area contributed by atoms with Crippen molar-refractivity contribution in [1.82, 2.24) is 19.9 Å². The zero-order valence-corrected chi connectivity index (χ0v) is 29.4. The monoisotopic (exact) mass is 714 g/mol. The average Bonchev–Trinajstić information content (AvgIpc) is 3.80. The summed E-state index contributed by atoms with van der Waals surface area (Å²) in [7, 11) is 0. The zero-order valence-electron chi connectivity index (χ0n) is 29.4. The largest absolute Gasteiger partial charge is 0.458 e. The van der Waals surface area contributed by atoms with Crippen LogP contribution in [0.3, 0.4) is 0 Å². The van der Waals surface area contributed by atoms with Crippen LogP contribution in [0, 0.1) is 18.4 Å². The fraction of sp³-hybridized carbons (Fsp3) is 0.350. The van der Waals surface area contributed by atoms with Gasteiger partial charge in [-0.15, -0.1) is 4.98 Å². The van der Waals surface area contributed by atoms with Crippen LogP contribution in [-0.2, 0) is 0 Å². The predicted molar refractivity (Wildman–Crippen MR) is 202 cm³/mol. The number of amides is 1. The maximum atomic E-state index is 11.2. The number of rotatable bonds is 11. The highest BCUT2D eigenvalue weighted by atomic mass is 16.5. The van der Waals surface area contributed by atoms with E-state index in [-0.39, 0.29) is 5.69 Å². The molecule has 0 atom stereocenters. The van der Waals surface area contributed by atoms with Gasteiger partial charge in [0.05, 0.1) is 0 Å². The van der Waals surface area contributed by atoms with Gasteiger partial charge in [0.25, 0.3) is 23.8 Å². The second-order valence-corrected chi connectivity index (χ2v) is 13.5. The molecule has 0 bridgehead atoms. The van der Waals surface area contributed by atoms with E-state index in [4.69, 9.17) is 30.6 Å². The van der Waals surface area contributed by atoms with Crippen molar-refractivity contribution in [3.63, 3.8) is 0 Å². The van der Waals surface area contributed by atoms with E-state index in [2.05, 4.69) is 35.4 Å². The van der Waals surface area contributed by atoms with E-state index in [0.29, 0.717) is 63.8 Å². The fourth-order valence-corrected chi connectivity index (χ4v) is 6.74. The number of nitrogens with zero attached hydrogens (tertiary/aromatic N) is 5. The molecule has 0 saturated heterocycles.